The summed E-state index contributed by atoms with van der Waals surface area (Å²) in [6.45, 7) is 6.79. The lowest BCUT2D eigenvalue weighted by Gasteiger charge is -2.35. The number of carbonyl (C=O) groups is 2. The monoisotopic (exact) mass is 381 g/mol. The molecule has 28 heavy (non-hydrogen) atoms. The number of nitrogens with zero attached hydrogens (tertiary/aromatic N) is 2. The van der Waals surface area contributed by atoms with Gasteiger partial charge in [0.25, 0.3) is 5.91 Å². The lowest BCUT2D eigenvalue weighted by atomic mass is 10.2. The van der Waals surface area contributed by atoms with Gasteiger partial charge in [0, 0.05) is 44.5 Å². The molecule has 1 heterocycles. The second-order valence-electron chi connectivity index (χ2n) is 6.87. The summed E-state index contributed by atoms with van der Waals surface area (Å²) in [5, 5.41) is 2.85. The van der Waals surface area contributed by atoms with Gasteiger partial charge in [0.1, 0.15) is 5.75 Å². The number of amides is 2. The highest BCUT2D eigenvalue weighted by atomic mass is 16.5. The van der Waals surface area contributed by atoms with Crippen LogP contribution in [0.15, 0.2) is 48.5 Å². The van der Waals surface area contributed by atoms with Crippen molar-refractivity contribution >= 4 is 23.2 Å². The zero-order chi connectivity index (χ0) is 19.9. The van der Waals surface area contributed by atoms with Gasteiger partial charge in [-0.2, -0.15) is 0 Å². The predicted molar refractivity (Wildman–Crippen MR) is 111 cm³/mol. The highest BCUT2D eigenvalue weighted by molar-refractivity contribution is 5.92. The molecule has 0 aromatic heterocycles. The van der Waals surface area contributed by atoms with Gasteiger partial charge in [-0.15, -0.1) is 0 Å². The van der Waals surface area contributed by atoms with Crippen LogP contribution in [0.1, 0.15) is 19.4 Å². The van der Waals surface area contributed by atoms with E-state index in [2.05, 4.69) is 17.1 Å². The Labute approximate surface area is 166 Å². The number of carbonyl (C=O) groups excluding carboxylic acids is 2. The summed E-state index contributed by atoms with van der Waals surface area (Å²) >= 11 is 0. The molecule has 2 aromatic carbocycles. The average Bonchev–Trinajstić information content (AvgIpc) is 2.73. The van der Waals surface area contributed by atoms with E-state index in [0.29, 0.717) is 5.75 Å². The smallest absolute Gasteiger partial charge is 0.262 e. The Morgan fingerprint density at radius 1 is 0.964 bits per heavy atom. The minimum atomic E-state index is -0.192. The largest absolute Gasteiger partial charge is 0.484 e. The van der Waals surface area contributed by atoms with Crippen molar-refractivity contribution in [2.24, 2.45) is 0 Å². The summed E-state index contributed by atoms with van der Waals surface area (Å²) in [5.41, 5.74) is 3.06. The third-order valence-corrected chi connectivity index (χ3v) is 4.94. The van der Waals surface area contributed by atoms with Crippen LogP contribution in [0.2, 0.25) is 0 Å². The van der Waals surface area contributed by atoms with Gasteiger partial charge in [0.05, 0.1) is 0 Å². The number of piperazine rings is 1. The second kappa shape index (κ2) is 9.26. The molecule has 1 fully saturated rings. The van der Waals surface area contributed by atoms with Crippen molar-refractivity contribution in [3.05, 3.63) is 54.1 Å². The van der Waals surface area contributed by atoms with E-state index in [9.17, 15) is 9.59 Å². The highest BCUT2D eigenvalue weighted by Crippen LogP contribution is 2.20. The maximum atomic E-state index is 12.1. The predicted octanol–water partition coefficient (Wildman–Crippen LogP) is 2.94. The molecule has 0 saturated carbocycles. The Bertz CT molecular complexity index is 795. The van der Waals surface area contributed by atoms with E-state index in [4.69, 9.17) is 4.74 Å². The third-order valence-electron chi connectivity index (χ3n) is 4.94. The van der Waals surface area contributed by atoms with Crippen molar-refractivity contribution in [2.75, 3.05) is 43.0 Å². The summed E-state index contributed by atoms with van der Waals surface area (Å²) in [6.07, 6.45) is 0.975. The molecule has 0 unspecified atom stereocenters. The van der Waals surface area contributed by atoms with E-state index in [-0.39, 0.29) is 18.4 Å². The third kappa shape index (κ3) is 5.25. The standard InChI is InChI=1S/C22H27N3O3/c1-3-18-4-10-21(11-5-18)28-16-22(27)23-19-6-8-20(9-7-19)25-14-12-24(13-15-25)17(2)26/h4-11H,3,12-16H2,1-2H3,(H,23,27). The molecule has 1 aliphatic rings. The zero-order valence-corrected chi connectivity index (χ0v) is 16.5. The van der Waals surface area contributed by atoms with Crippen LogP contribution in [-0.4, -0.2) is 49.5 Å². The molecule has 0 atom stereocenters. The summed E-state index contributed by atoms with van der Waals surface area (Å²) in [7, 11) is 0. The minimum Gasteiger partial charge on any atom is -0.484 e. The highest BCUT2D eigenvalue weighted by Gasteiger charge is 2.18. The topological polar surface area (TPSA) is 61.9 Å². The molecule has 0 radical (unpaired) electrons. The second-order valence-corrected chi connectivity index (χ2v) is 6.87. The van der Waals surface area contributed by atoms with E-state index in [0.717, 1.165) is 44.0 Å². The summed E-state index contributed by atoms with van der Waals surface area (Å²) < 4.78 is 5.54. The Kier molecular flexibility index (Phi) is 6.53. The zero-order valence-electron chi connectivity index (χ0n) is 16.5. The first-order valence-electron chi connectivity index (χ1n) is 9.67. The first-order valence-corrected chi connectivity index (χ1v) is 9.67. The van der Waals surface area contributed by atoms with Crippen LogP contribution < -0.4 is 15.0 Å². The van der Waals surface area contributed by atoms with E-state index in [1.807, 2.05) is 53.4 Å². The van der Waals surface area contributed by atoms with Crippen molar-refractivity contribution in [3.63, 3.8) is 0 Å². The summed E-state index contributed by atoms with van der Waals surface area (Å²) in [4.78, 5) is 27.6. The van der Waals surface area contributed by atoms with Crippen LogP contribution in [0.5, 0.6) is 5.75 Å². The Morgan fingerprint density at radius 2 is 1.61 bits per heavy atom. The Morgan fingerprint density at radius 3 is 2.18 bits per heavy atom. The number of hydrogen-bond donors (Lipinski definition) is 1. The van der Waals surface area contributed by atoms with E-state index < -0.39 is 0 Å². The fourth-order valence-electron chi connectivity index (χ4n) is 3.20. The first kappa shape index (κ1) is 19.7. The lowest BCUT2D eigenvalue weighted by Crippen LogP contribution is -2.48. The van der Waals surface area contributed by atoms with Crippen LogP contribution in [0.25, 0.3) is 0 Å². The number of benzene rings is 2. The first-order chi connectivity index (χ1) is 13.5. The van der Waals surface area contributed by atoms with E-state index in [1.54, 1.807) is 6.92 Å². The number of aryl methyl sites for hydroxylation is 1. The number of rotatable bonds is 6. The molecule has 3 rings (SSSR count). The fraction of sp³-hybridized carbons (Fsp3) is 0.364. The maximum absolute atomic E-state index is 12.1. The van der Waals surface area contributed by atoms with Crippen molar-refractivity contribution < 1.29 is 14.3 Å². The molecule has 6 heteroatoms. The fourth-order valence-corrected chi connectivity index (χ4v) is 3.20. The van der Waals surface area contributed by atoms with Crippen molar-refractivity contribution in [1.29, 1.82) is 0 Å². The van der Waals surface area contributed by atoms with Gasteiger partial charge in [-0.3, -0.25) is 9.59 Å². The van der Waals surface area contributed by atoms with Crippen molar-refractivity contribution in [1.82, 2.24) is 4.90 Å². The Hall–Kier alpha value is -3.02. The normalized spacial score (nSPS) is 13.9. The van der Waals surface area contributed by atoms with Crippen LogP contribution in [0.3, 0.4) is 0 Å². The molecule has 0 aliphatic carbocycles. The average molecular weight is 381 g/mol. The Balaban J connectivity index is 1.47. The van der Waals surface area contributed by atoms with Crippen LogP contribution in [-0.2, 0) is 16.0 Å². The van der Waals surface area contributed by atoms with Gasteiger partial charge in [0.15, 0.2) is 6.61 Å². The maximum Gasteiger partial charge on any atom is 0.262 e. The molecule has 148 valence electrons. The van der Waals surface area contributed by atoms with Crippen molar-refractivity contribution in [3.8, 4) is 5.75 Å². The molecular weight excluding hydrogens is 354 g/mol. The number of anilines is 2. The molecule has 1 N–H and O–H groups in total. The van der Waals surface area contributed by atoms with E-state index >= 15 is 0 Å². The van der Waals surface area contributed by atoms with Crippen LogP contribution in [0.4, 0.5) is 11.4 Å². The van der Waals surface area contributed by atoms with Gasteiger partial charge in [-0.1, -0.05) is 19.1 Å². The molecule has 2 amide bonds. The number of ether oxygens (including phenoxy) is 1. The van der Waals surface area contributed by atoms with Gasteiger partial charge in [0.2, 0.25) is 5.91 Å². The summed E-state index contributed by atoms with van der Waals surface area (Å²) in [6, 6.07) is 15.5. The quantitative estimate of drug-likeness (QED) is 0.836. The van der Waals surface area contributed by atoms with Gasteiger partial charge >= 0.3 is 0 Å². The van der Waals surface area contributed by atoms with Gasteiger partial charge in [-0.25, -0.2) is 0 Å². The molecular formula is C22H27N3O3. The molecule has 0 bridgehead atoms. The summed E-state index contributed by atoms with van der Waals surface area (Å²) in [5.74, 6) is 0.621. The van der Waals surface area contributed by atoms with Crippen molar-refractivity contribution in [2.45, 2.75) is 20.3 Å². The molecule has 1 aliphatic heterocycles. The van der Waals surface area contributed by atoms with Gasteiger partial charge < -0.3 is 19.9 Å². The minimum absolute atomic E-state index is 0.0276. The molecule has 0 spiro atoms. The lowest BCUT2D eigenvalue weighted by molar-refractivity contribution is -0.129. The molecule has 6 nitrogen and oxygen atoms in total. The number of hydrogen-bond acceptors (Lipinski definition) is 4. The van der Waals surface area contributed by atoms with Crippen LogP contribution >= 0.6 is 0 Å². The SMILES string of the molecule is CCc1ccc(OCC(=O)Nc2ccc(N3CCN(C(C)=O)CC3)cc2)cc1. The molecule has 2 aromatic rings. The van der Waals surface area contributed by atoms with E-state index in [1.165, 1.54) is 5.56 Å². The molecule has 1 saturated heterocycles. The number of nitrogens with one attached hydrogen (secondary N) is 1. The van der Waals surface area contributed by atoms with Gasteiger partial charge in [-0.05, 0) is 48.4 Å². The van der Waals surface area contributed by atoms with Crippen LogP contribution in [0, 0.1) is 0 Å².